The second-order valence-corrected chi connectivity index (χ2v) is 8.12. The molecule has 0 bridgehead atoms. The lowest BCUT2D eigenvalue weighted by atomic mass is 9.94. The summed E-state index contributed by atoms with van der Waals surface area (Å²) >= 11 is 7.67. The molecular weight excluding hydrogens is 332 g/mol. The van der Waals surface area contributed by atoms with Crippen LogP contribution in [0.25, 0.3) is 0 Å². The Labute approximate surface area is 154 Å². The number of nitrogens with one attached hydrogen (secondary N) is 1. The topological polar surface area (TPSA) is 15.3 Å². The Balaban J connectivity index is 1.79. The van der Waals surface area contributed by atoms with E-state index in [0.29, 0.717) is 6.04 Å². The van der Waals surface area contributed by atoms with Crippen LogP contribution in [0.1, 0.15) is 48.1 Å². The number of para-hydroxylation sites is 1. The van der Waals surface area contributed by atoms with Gasteiger partial charge in [0.1, 0.15) is 0 Å². The molecular formula is C20H26N2S2. The summed E-state index contributed by atoms with van der Waals surface area (Å²) in [5.41, 5.74) is 3.66. The molecule has 1 aromatic heterocycles. The van der Waals surface area contributed by atoms with Gasteiger partial charge in [-0.05, 0) is 61.5 Å². The molecule has 1 saturated carbocycles. The van der Waals surface area contributed by atoms with Crippen molar-refractivity contribution in [1.29, 1.82) is 0 Å². The van der Waals surface area contributed by atoms with E-state index >= 15 is 0 Å². The van der Waals surface area contributed by atoms with Crippen LogP contribution in [0.15, 0.2) is 35.7 Å². The molecule has 0 spiro atoms. The monoisotopic (exact) mass is 358 g/mol. The molecule has 0 saturated heterocycles. The molecule has 24 heavy (non-hydrogen) atoms. The number of thiophene rings is 1. The minimum Gasteiger partial charge on any atom is -0.341 e. The smallest absolute Gasteiger partial charge is 0.174 e. The number of benzene rings is 1. The van der Waals surface area contributed by atoms with Crippen molar-refractivity contribution in [1.82, 2.24) is 4.90 Å². The molecule has 0 amide bonds. The molecule has 0 unspecified atom stereocenters. The molecule has 1 N–H and O–H groups in total. The molecule has 128 valence electrons. The third kappa shape index (κ3) is 4.17. The first-order valence-corrected chi connectivity index (χ1v) is 10.1. The number of aryl methyl sites for hydroxylation is 2. The lowest BCUT2D eigenvalue weighted by Gasteiger charge is -2.36. The Morgan fingerprint density at radius 3 is 2.46 bits per heavy atom. The standard InChI is InChI=1S/C20H26N2S2/c1-15-8-6-9-16(2)19(15)21-20(23)22(14-18-12-7-13-24-18)17-10-4-3-5-11-17/h6-9,12-13,17H,3-5,10-11,14H2,1-2H3,(H,21,23). The summed E-state index contributed by atoms with van der Waals surface area (Å²) in [7, 11) is 0. The van der Waals surface area contributed by atoms with Crippen LogP contribution < -0.4 is 5.32 Å². The lowest BCUT2D eigenvalue weighted by molar-refractivity contribution is 0.242. The van der Waals surface area contributed by atoms with Gasteiger partial charge in [0, 0.05) is 16.6 Å². The van der Waals surface area contributed by atoms with E-state index in [2.05, 4.69) is 59.8 Å². The lowest BCUT2D eigenvalue weighted by Crippen LogP contribution is -2.43. The zero-order chi connectivity index (χ0) is 16.9. The average molecular weight is 359 g/mol. The van der Waals surface area contributed by atoms with Gasteiger partial charge >= 0.3 is 0 Å². The van der Waals surface area contributed by atoms with Gasteiger partial charge in [-0.15, -0.1) is 11.3 Å². The SMILES string of the molecule is Cc1cccc(C)c1NC(=S)N(Cc1cccs1)C1CCCCC1. The average Bonchev–Trinajstić information content (AvgIpc) is 3.10. The minimum atomic E-state index is 0.560. The van der Waals surface area contributed by atoms with E-state index in [1.165, 1.54) is 48.1 Å². The molecule has 0 radical (unpaired) electrons. The highest BCUT2D eigenvalue weighted by atomic mass is 32.1. The Hall–Kier alpha value is -1.39. The fourth-order valence-corrected chi connectivity index (χ4v) is 4.54. The number of rotatable bonds is 4. The quantitative estimate of drug-likeness (QED) is 0.685. The zero-order valence-electron chi connectivity index (χ0n) is 14.5. The molecule has 3 rings (SSSR count). The van der Waals surface area contributed by atoms with Crippen LogP contribution in [0.2, 0.25) is 0 Å². The Morgan fingerprint density at radius 2 is 1.83 bits per heavy atom. The first-order chi connectivity index (χ1) is 11.6. The molecule has 1 aliphatic carbocycles. The predicted molar refractivity (Wildman–Crippen MR) is 109 cm³/mol. The maximum absolute atomic E-state index is 5.85. The van der Waals surface area contributed by atoms with E-state index in [9.17, 15) is 0 Å². The zero-order valence-corrected chi connectivity index (χ0v) is 16.2. The number of nitrogens with zero attached hydrogens (tertiary/aromatic N) is 1. The molecule has 1 aromatic carbocycles. The van der Waals surface area contributed by atoms with Gasteiger partial charge in [-0.3, -0.25) is 0 Å². The molecule has 1 aliphatic rings. The van der Waals surface area contributed by atoms with E-state index in [0.717, 1.165) is 17.3 Å². The maximum atomic E-state index is 5.85. The second kappa shape index (κ2) is 8.13. The van der Waals surface area contributed by atoms with Crippen LogP contribution in [0.5, 0.6) is 0 Å². The fourth-order valence-electron chi connectivity index (χ4n) is 3.52. The van der Waals surface area contributed by atoms with Crippen LogP contribution in [0.3, 0.4) is 0 Å². The van der Waals surface area contributed by atoms with Crippen molar-refractivity contribution in [2.75, 3.05) is 5.32 Å². The number of hydrogen-bond acceptors (Lipinski definition) is 2. The van der Waals surface area contributed by atoms with Gasteiger partial charge in [-0.1, -0.05) is 43.5 Å². The molecule has 2 aromatic rings. The first-order valence-electron chi connectivity index (χ1n) is 8.81. The van der Waals surface area contributed by atoms with Crippen molar-refractivity contribution in [3.05, 3.63) is 51.7 Å². The summed E-state index contributed by atoms with van der Waals surface area (Å²) in [6.45, 7) is 5.20. The third-order valence-electron chi connectivity index (χ3n) is 4.90. The van der Waals surface area contributed by atoms with Crippen molar-refractivity contribution in [2.45, 2.75) is 58.5 Å². The van der Waals surface area contributed by atoms with Gasteiger partial charge in [-0.25, -0.2) is 0 Å². The largest absolute Gasteiger partial charge is 0.341 e. The van der Waals surface area contributed by atoms with Crippen molar-refractivity contribution in [2.24, 2.45) is 0 Å². The molecule has 2 nitrogen and oxygen atoms in total. The third-order valence-corrected chi connectivity index (χ3v) is 6.09. The number of anilines is 1. The minimum absolute atomic E-state index is 0.560. The van der Waals surface area contributed by atoms with Crippen molar-refractivity contribution in [3.8, 4) is 0 Å². The van der Waals surface area contributed by atoms with Crippen molar-refractivity contribution in [3.63, 3.8) is 0 Å². The molecule has 4 heteroatoms. The van der Waals surface area contributed by atoms with Crippen LogP contribution in [0, 0.1) is 13.8 Å². The van der Waals surface area contributed by atoms with Gasteiger partial charge in [0.25, 0.3) is 0 Å². The highest BCUT2D eigenvalue weighted by molar-refractivity contribution is 7.80. The Morgan fingerprint density at radius 1 is 1.12 bits per heavy atom. The molecule has 1 heterocycles. The van der Waals surface area contributed by atoms with Gasteiger partial charge in [-0.2, -0.15) is 0 Å². The van der Waals surface area contributed by atoms with Crippen LogP contribution in [0.4, 0.5) is 5.69 Å². The second-order valence-electron chi connectivity index (χ2n) is 6.70. The fraction of sp³-hybridized carbons (Fsp3) is 0.450. The van der Waals surface area contributed by atoms with Crippen molar-refractivity contribution < 1.29 is 0 Å². The van der Waals surface area contributed by atoms with Gasteiger partial charge in [0.05, 0.1) is 6.54 Å². The van der Waals surface area contributed by atoms with Crippen molar-refractivity contribution >= 4 is 34.4 Å². The van der Waals surface area contributed by atoms with Gasteiger partial charge in [0.2, 0.25) is 0 Å². The van der Waals surface area contributed by atoms with Gasteiger partial charge < -0.3 is 10.2 Å². The van der Waals surface area contributed by atoms with E-state index in [-0.39, 0.29) is 0 Å². The Kier molecular flexibility index (Phi) is 5.90. The predicted octanol–water partition coefficient (Wildman–Crippen LogP) is 5.90. The van der Waals surface area contributed by atoms with E-state index in [1.54, 1.807) is 0 Å². The Bertz CT molecular complexity index is 653. The summed E-state index contributed by atoms with van der Waals surface area (Å²) in [6.07, 6.45) is 6.50. The molecule has 0 aliphatic heterocycles. The van der Waals surface area contributed by atoms with Gasteiger partial charge in [0.15, 0.2) is 5.11 Å². The first kappa shape index (κ1) is 17.4. The summed E-state index contributed by atoms with van der Waals surface area (Å²) in [5, 5.41) is 6.57. The number of hydrogen-bond donors (Lipinski definition) is 1. The van der Waals surface area contributed by atoms with E-state index in [4.69, 9.17) is 12.2 Å². The van der Waals surface area contributed by atoms with Crippen LogP contribution in [-0.2, 0) is 6.54 Å². The highest BCUT2D eigenvalue weighted by Gasteiger charge is 2.24. The summed E-state index contributed by atoms with van der Waals surface area (Å²) in [6, 6.07) is 11.3. The normalized spacial score (nSPS) is 15.2. The molecule has 0 atom stereocenters. The molecule has 1 fully saturated rings. The summed E-state index contributed by atoms with van der Waals surface area (Å²) in [5.74, 6) is 0. The van der Waals surface area contributed by atoms with Crippen LogP contribution in [-0.4, -0.2) is 16.1 Å². The van der Waals surface area contributed by atoms with E-state index in [1.807, 2.05) is 11.3 Å². The maximum Gasteiger partial charge on any atom is 0.174 e. The summed E-state index contributed by atoms with van der Waals surface area (Å²) < 4.78 is 0. The van der Waals surface area contributed by atoms with E-state index < -0.39 is 0 Å². The van der Waals surface area contributed by atoms with Crippen LogP contribution >= 0.6 is 23.6 Å². The summed E-state index contributed by atoms with van der Waals surface area (Å²) in [4.78, 5) is 3.80. The highest BCUT2D eigenvalue weighted by Crippen LogP contribution is 2.27. The number of thiocarbonyl (C=S) groups is 1.